The molecule has 15 heteroatoms. The molecular formula is C27H26F5N7O3. The number of morpholine rings is 1. The summed E-state index contributed by atoms with van der Waals surface area (Å²) in [4.78, 5) is 21.9. The van der Waals surface area contributed by atoms with Crippen LogP contribution < -0.4 is 19.3 Å². The summed E-state index contributed by atoms with van der Waals surface area (Å²) in [7, 11) is 0. The van der Waals surface area contributed by atoms with Gasteiger partial charge in [0.1, 0.15) is 17.6 Å². The number of imidazole rings is 1. The molecule has 0 N–H and O–H groups in total. The zero-order valence-electron chi connectivity index (χ0n) is 22.2. The summed E-state index contributed by atoms with van der Waals surface area (Å²) in [6.07, 6.45) is -6.67. The van der Waals surface area contributed by atoms with Crippen molar-refractivity contribution in [3.8, 4) is 17.4 Å². The highest BCUT2D eigenvalue weighted by molar-refractivity contribution is 5.77. The van der Waals surface area contributed by atoms with Gasteiger partial charge in [-0.15, -0.1) is 13.2 Å². The van der Waals surface area contributed by atoms with Gasteiger partial charge in [-0.1, -0.05) is 12.1 Å². The number of rotatable bonds is 7. The number of hydrogen-bond acceptors (Lipinski definition) is 9. The smallest absolute Gasteiger partial charge is 0.490 e. The van der Waals surface area contributed by atoms with Gasteiger partial charge in [0, 0.05) is 39.0 Å². The fourth-order valence-electron chi connectivity index (χ4n) is 4.98. The Balaban J connectivity index is 1.24. The van der Waals surface area contributed by atoms with E-state index >= 15 is 0 Å². The van der Waals surface area contributed by atoms with E-state index in [2.05, 4.69) is 19.7 Å². The minimum absolute atomic E-state index is 0.0463. The predicted molar refractivity (Wildman–Crippen MR) is 141 cm³/mol. The van der Waals surface area contributed by atoms with Crippen LogP contribution in [0, 0.1) is 0 Å². The average molecular weight is 592 g/mol. The second-order valence-electron chi connectivity index (χ2n) is 9.75. The van der Waals surface area contributed by atoms with Crippen LogP contribution >= 0.6 is 0 Å². The highest BCUT2D eigenvalue weighted by atomic mass is 19.4. The summed E-state index contributed by atoms with van der Waals surface area (Å²) in [5.41, 5.74) is 0.857. The summed E-state index contributed by atoms with van der Waals surface area (Å²) in [6.45, 7) is 3.05. The number of hydrogen-bond donors (Lipinski definition) is 0. The fraction of sp³-hybridized carbons (Fsp3) is 0.407. The van der Waals surface area contributed by atoms with Crippen LogP contribution in [0.15, 0.2) is 48.5 Å². The molecule has 222 valence electrons. The maximum Gasteiger partial charge on any atom is 0.573 e. The second kappa shape index (κ2) is 11.5. The van der Waals surface area contributed by atoms with Gasteiger partial charge in [0.2, 0.25) is 17.8 Å². The van der Waals surface area contributed by atoms with Crippen molar-refractivity contribution in [3.63, 3.8) is 0 Å². The molecule has 42 heavy (non-hydrogen) atoms. The number of halogens is 5. The molecule has 4 heterocycles. The molecule has 0 amide bonds. The van der Waals surface area contributed by atoms with Gasteiger partial charge in [-0.25, -0.2) is 13.8 Å². The Bertz CT molecular complexity index is 1520. The Morgan fingerprint density at radius 2 is 1.36 bits per heavy atom. The SMILES string of the molecule is FC(F)c1nc2ccccc2n1-c1nc(N2CCOCC2)nc(N2CCC(Oc3ccc(OC(F)(F)F)cc3)CC2)n1. The molecule has 0 saturated carbocycles. The number of nitrogens with zero attached hydrogens (tertiary/aromatic N) is 7. The Hall–Kier alpha value is -4.27. The Kier molecular flexibility index (Phi) is 7.66. The lowest BCUT2D eigenvalue weighted by molar-refractivity contribution is -0.274. The molecule has 6 rings (SSSR count). The normalized spacial score (nSPS) is 16.8. The fourth-order valence-corrected chi connectivity index (χ4v) is 4.98. The predicted octanol–water partition coefficient (Wildman–Crippen LogP) is 4.93. The first kappa shape index (κ1) is 27.9. The van der Waals surface area contributed by atoms with E-state index in [-0.39, 0.29) is 17.8 Å². The molecule has 0 atom stereocenters. The zero-order chi connectivity index (χ0) is 29.3. The van der Waals surface area contributed by atoms with Crippen molar-refractivity contribution < 1.29 is 36.2 Å². The van der Waals surface area contributed by atoms with E-state index in [0.717, 1.165) is 0 Å². The molecule has 2 fully saturated rings. The highest BCUT2D eigenvalue weighted by Crippen LogP contribution is 2.30. The lowest BCUT2D eigenvalue weighted by atomic mass is 10.1. The molecule has 2 aliphatic rings. The number of anilines is 2. The van der Waals surface area contributed by atoms with Crippen LogP contribution in [0.1, 0.15) is 25.1 Å². The number of para-hydroxylation sites is 2. The van der Waals surface area contributed by atoms with Crippen molar-refractivity contribution >= 4 is 22.9 Å². The third-order valence-corrected chi connectivity index (χ3v) is 6.96. The van der Waals surface area contributed by atoms with Crippen LogP contribution in [0.5, 0.6) is 11.5 Å². The average Bonchev–Trinajstić information content (AvgIpc) is 3.38. The summed E-state index contributed by atoms with van der Waals surface area (Å²) in [5, 5.41) is 0. The Labute approximate surface area is 236 Å². The second-order valence-corrected chi connectivity index (χ2v) is 9.75. The standard InChI is InChI=1S/C27H26F5N7O3/c28-22(29)23-33-20-3-1-2-4-21(20)39(23)26-35-24(34-25(36-26)38-13-15-40-16-14-38)37-11-9-18(10-12-37)41-17-5-7-19(8-6-17)42-27(30,31)32/h1-8,18,22H,9-16H2. The number of alkyl halides is 5. The van der Waals surface area contributed by atoms with Gasteiger partial charge in [-0.3, -0.25) is 4.57 Å². The summed E-state index contributed by atoms with van der Waals surface area (Å²) in [5.74, 6) is 0.381. The van der Waals surface area contributed by atoms with Crippen LogP contribution in [0.3, 0.4) is 0 Å². The summed E-state index contributed by atoms with van der Waals surface area (Å²) >= 11 is 0. The van der Waals surface area contributed by atoms with Crippen molar-refractivity contribution in [2.75, 3.05) is 49.2 Å². The molecule has 2 aromatic carbocycles. The quantitative estimate of drug-likeness (QED) is 0.278. The number of aromatic nitrogens is 5. The van der Waals surface area contributed by atoms with E-state index in [1.54, 1.807) is 24.3 Å². The molecule has 2 aromatic heterocycles. The van der Waals surface area contributed by atoms with Crippen molar-refractivity contribution in [2.45, 2.75) is 31.7 Å². The van der Waals surface area contributed by atoms with Gasteiger partial charge in [0.15, 0.2) is 5.82 Å². The lowest BCUT2D eigenvalue weighted by Crippen LogP contribution is -2.41. The largest absolute Gasteiger partial charge is 0.573 e. The zero-order valence-corrected chi connectivity index (χ0v) is 22.2. The molecule has 2 saturated heterocycles. The van der Waals surface area contributed by atoms with Gasteiger partial charge in [-0.05, 0) is 36.4 Å². The maximum absolute atomic E-state index is 14.1. The van der Waals surface area contributed by atoms with Crippen LogP contribution in [-0.2, 0) is 4.74 Å². The summed E-state index contributed by atoms with van der Waals surface area (Å²) < 4.78 is 82.1. The van der Waals surface area contributed by atoms with E-state index in [1.807, 2.05) is 9.80 Å². The van der Waals surface area contributed by atoms with E-state index in [9.17, 15) is 22.0 Å². The highest BCUT2D eigenvalue weighted by Gasteiger charge is 2.31. The third-order valence-electron chi connectivity index (χ3n) is 6.96. The molecule has 0 spiro atoms. The van der Waals surface area contributed by atoms with Crippen LogP contribution in [0.4, 0.5) is 33.8 Å². The van der Waals surface area contributed by atoms with Crippen molar-refractivity contribution in [1.29, 1.82) is 0 Å². The first-order valence-electron chi connectivity index (χ1n) is 13.4. The number of fused-ring (bicyclic) bond motifs is 1. The molecular weight excluding hydrogens is 565 g/mol. The minimum Gasteiger partial charge on any atom is -0.490 e. The van der Waals surface area contributed by atoms with Crippen LogP contribution in [0.25, 0.3) is 17.0 Å². The van der Waals surface area contributed by atoms with Gasteiger partial charge in [0.05, 0.1) is 24.2 Å². The topological polar surface area (TPSA) is 90.7 Å². The monoisotopic (exact) mass is 591 g/mol. The van der Waals surface area contributed by atoms with Gasteiger partial charge in [0.25, 0.3) is 6.43 Å². The number of piperidine rings is 1. The first-order valence-corrected chi connectivity index (χ1v) is 13.4. The van der Waals surface area contributed by atoms with Crippen LogP contribution in [0.2, 0.25) is 0 Å². The molecule has 0 aliphatic carbocycles. The molecule has 0 unspecified atom stereocenters. The Morgan fingerprint density at radius 3 is 2.00 bits per heavy atom. The van der Waals surface area contributed by atoms with Crippen molar-refractivity contribution in [2.24, 2.45) is 0 Å². The minimum atomic E-state index is -4.77. The molecule has 2 aliphatic heterocycles. The third kappa shape index (κ3) is 6.15. The summed E-state index contributed by atoms with van der Waals surface area (Å²) in [6, 6.07) is 12.1. The lowest BCUT2D eigenvalue weighted by Gasteiger charge is -2.33. The first-order chi connectivity index (χ1) is 20.2. The molecule has 4 aromatic rings. The van der Waals surface area contributed by atoms with E-state index < -0.39 is 18.6 Å². The van der Waals surface area contributed by atoms with Gasteiger partial charge < -0.3 is 24.0 Å². The molecule has 0 radical (unpaired) electrons. The van der Waals surface area contributed by atoms with Gasteiger partial charge >= 0.3 is 6.36 Å². The molecule has 0 bridgehead atoms. The van der Waals surface area contributed by atoms with E-state index in [1.165, 1.54) is 28.8 Å². The van der Waals surface area contributed by atoms with E-state index in [4.69, 9.17) is 14.5 Å². The Morgan fingerprint density at radius 1 is 0.762 bits per heavy atom. The maximum atomic E-state index is 14.1. The van der Waals surface area contributed by atoms with Crippen LogP contribution in [-0.4, -0.2) is 76.4 Å². The molecule has 10 nitrogen and oxygen atoms in total. The van der Waals surface area contributed by atoms with Crippen molar-refractivity contribution in [1.82, 2.24) is 24.5 Å². The van der Waals surface area contributed by atoms with Crippen molar-refractivity contribution in [3.05, 3.63) is 54.4 Å². The number of ether oxygens (including phenoxy) is 3. The number of benzene rings is 2. The van der Waals surface area contributed by atoms with Gasteiger partial charge in [-0.2, -0.15) is 15.0 Å². The van der Waals surface area contributed by atoms with E-state index in [0.29, 0.717) is 80.9 Å².